The van der Waals surface area contributed by atoms with Crippen LogP contribution in [0.5, 0.6) is 0 Å². The highest BCUT2D eigenvalue weighted by Crippen LogP contribution is 2.39. The Labute approximate surface area is 246 Å². The van der Waals surface area contributed by atoms with E-state index >= 15 is 0 Å². The first-order valence-electron chi connectivity index (χ1n) is 14.0. The van der Waals surface area contributed by atoms with Gasteiger partial charge in [0, 0.05) is 36.9 Å². The molecule has 0 saturated heterocycles. The first-order chi connectivity index (χ1) is 20.0. The Morgan fingerprint density at radius 1 is 1.10 bits per heavy atom. The van der Waals surface area contributed by atoms with Crippen LogP contribution in [0.15, 0.2) is 42.5 Å². The first-order valence-corrected chi connectivity index (χ1v) is 14.4. The molecule has 2 aliphatic heterocycles. The minimum absolute atomic E-state index is 0.0479. The predicted octanol–water partition coefficient (Wildman–Crippen LogP) is 7.27. The number of aromatic nitrogens is 3. The van der Waals surface area contributed by atoms with Gasteiger partial charge >= 0.3 is 12.1 Å². The summed E-state index contributed by atoms with van der Waals surface area (Å²) in [4.78, 5) is 11.6. The maximum absolute atomic E-state index is 13.8. The molecule has 3 aliphatic rings. The van der Waals surface area contributed by atoms with E-state index in [1.54, 1.807) is 12.1 Å². The van der Waals surface area contributed by atoms with Gasteiger partial charge in [-0.25, -0.2) is 13.9 Å². The molecule has 1 saturated carbocycles. The largest absolute Gasteiger partial charge is 0.490 e. The van der Waals surface area contributed by atoms with E-state index in [1.165, 1.54) is 48.4 Å². The van der Waals surface area contributed by atoms with Crippen molar-refractivity contribution in [3.8, 4) is 11.3 Å². The third-order valence-electron chi connectivity index (χ3n) is 8.17. The molecule has 2 aromatic carbocycles. The number of carbonyl (C=O) groups is 1. The molecule has 1 fully saturated rings. The molecule has 0 radical (unpaired) electrons. The lowest BCUT2D eigenvalue weighted by Gasteiger charge is -2.32. The molecule has 3 aromatic rings. The van der Waals surface area contributed by atoms with Crippen molar-refractivity contribution in [2.24, 2.45) is 0 Å². The quantitative estimate of drug-likeness (QED) is 0.304. The lowest BCUT2D eigenvalue weighted by Crippen LogP contribution is -2.36. The van der Waals surface area contributed by atoms with Crippen LogP contribution in [0.1, 0.15) is 61.4 Å². The van der Waals surface area contributed by atoms with E-state index in [4.69, 9.17) is 21.5 Å². The van der Waals surface area contributed by atoms with Crippen molar-refractivity contribution in [1.82, 2.24) is 19.9 Å². The number of benzene rings is 2. The number of aryl methyl sites for hydroxylation is 2. The second kappa shape index (κ2) is 12.4. The number of hydrogen-bond donors (Lipinski definition) is 2. The number of halogens is 5. The fraction of sp³-hybridized carbons (Fsp3) is 0.433. The standard InChI is InChI=1S/C28H31ClFN5.C2HF3O2/c1-18-28-23-8-6-20(19-10-13-34(14-11-19)22-4-2-3-5-22)16-24(23)27(12-15-35(28)33-32-18)31-21-7-9-26(30)25(29)17-21;3-2(4,5)1(6)7/h6-10,16-17,22,27,31H,2-5,11-15H2,1H3;(H,6,7). The van der Waals surface area contributed by atoms with Gasteiger partial charge in [-0.05, 0) is 73.6 Å². The molecule has 2 N–H and O–H groups in total. The molecule has 1 aliphatic carbocycles. The van der Waals surface area contributed by atoms with Gasteiger partial charge in [-0.3, -0.25) is 4.90 Å². The Kier molecular flexibility index (Phi) is 8.89. The number of rotatable bonds is 4. The van der Waals surface area contributed by atoms with Crippen LogP contribution in [-0.2, 0) is 11.3 Å². The number of hydrogen-bond acceptors (Lipinski definition) is 5. The molecular weight excluding hydrogens is 574 g/mol. The third kappa shape index (κ3) is 6.62. The molecule has 12 heteroatoms. The lowest BCUT2D eigenvalue weighted by molar-refractivity contribution is -0.192. The maximum Gasteiger partial charge on any atom is 0.490 e. The van der Waals surface area contributed by atoms with Crippen LogP contribution in [0, 0.1) is 12.7 Å². The van der Waals surface area contributed by atoms with Gasteiger partial charge < -0.3 is 10.4 Å². The number of fused-ring (bicyclic) bond motifs is 3. The summed E-state index contributed by atoms with van der Waals surface area (Å²) < 4.78 is 47.5. The van der Waals surface area contributed by atoms with Crippen LogP contribution in [0.4, 0.5) is 23.2 Å². The van der Waals surface area contributed by atoms with Gasteiger partial charge in [-0.2, -0.15) is 13.2 Å². The molecule has 0 amide bonds. The SMILES string of the molecule is Cc1nnn2c1-c1ccc(C3=CCN(C4CCCC4)CC3)cc1C(Nc1ccc(F)c(Cl)c1)CC2.O=C(O)C(F)(F)F. The van der Waals surface area contributed by atoms with Crippen LogP contribution >= 0.6 is 11.6 Å². The van der Waals surface area contributed by atoms with Gasteiger partial charge in [0.25, 0.3) is 0 Å². The van der Waals surface area contributed by atoms with E-state index in [0.29, 0.717) is 0 Å². The maximum atomic E-state index is 13.8. The Morgan fingerprint density at radius 3 is 2.48 bits per heavy atom. The normalized spacial score (nSPS) is 19.2. The molecule has 3 heterocycles. The summed E-state index contributed by atoms with van der Waals surface area (Å²) in [6, 6.07) is 12.5. The smallest absolute Gasteiger partial charge is 0.475 e. The lowest BCUT2D eigenvalue weighted by atomic mass is 9.90. The number of carboxylic acids is 1. The highest BCUT2D eigenvalue weighted by atomic mass is 35.5. The highest BCUT2D eigenvalue weighted by molar-refractivity contribution is 6.31. The predicted molar refractivity (Wildman–Crippen MR) is 153 cm³/mol. The number of nitrogens with zero attached hydrogens (tertiary/aromatic N) is 4. The van der Waals surface area contributed by atoms with Gasteiger partial charge in [0.2, 0.25) is 0 Å². The summed E-state index contributed by atoms with van der Waals surface area (Å²) in [5.41, 5.74) is 7.94. The zero-order chi connectivity index (χ0) is 30.0. The van der Waals surface area contributed by atoms with Crippen LogP contribution in [0.3, 0.4) is 0 Å². The number of anilines is 1. The highest BCUT2D eigenvalue weighted by Gasteiger charge is 2.38. The third-order valence-corrected chi connectivity index (χ3v) is 8.46. The van der Waals surface area contributed by atoms with Crippen molar-refractivity contribution < 1.29 is 27.5 Å². The van der Waals surface area contributed by atoms with E-state index in [2.05, 4.69) is 44.8 Å². The molecule has 0 bridgehead atoms. The summed E-state index contributed by atoms with van der Waals surface area (Å²) in [5.74, 6) is -3.16. The zero-order valence-corrected chi connectivity index (χ0v) is 23.9. The molecule has 1 unspecified atom stereocenters. The molecule has 6 rings (SSSR count). The number of alkyl halides is 3. The molecule has 42 heavy (non-hydrogen) atoms. The molecule has 0 spiro atoms. The van der Waals surface area contributed by atoms with E-state index in [0.717, 1.165) is 61.2 Å². The summed E-state index contributed by atoms with van der Waals surface area (Å²) in [6.07, 6.45) is 4.73. The fourth-order valence-corrected chi connectivity index (χ4v) is 6.23. The Balaban J connectivity index is 0.000000451. The van der Waals surface area contributed by atoms with Crippen molar-refractivity contribution in [3.05, 3.63) is 70.1 Å². The van der Waals surface area contributed by atoms with Crippen LogP contribution < -0.4 is 5.32 Å². The second-order valence-electron chi connectivity index (χ2n) is 10.9. The Hall–Kier alpha value is -3.44. The number of nitrogens with one attached hydrogen (secondary N) is 1. The average molecular weight is 606 g/mol. The van der Waals surface area contributed by atoms with E-state index in [9.17, 15) is 17.6 Å². The van der Waals surface area contributed by atoms with E-state index in [1.807, 2.05) is 11.6 Å². The minimum Gasteiger partial charge on any atom is -0.475 e. The summed E-state index contributed by atoms with van der Waals surface area (Å²) in [5, 5.41) is 19.6. The minimum atomic E-state index is -5.08. The first kappa shape index (κ1) is 30.0. The van der Waals surface area contributed by atoms with Crippen LogP contribution in [0.25, 0.3) is 16.8 Å². The van der Waals surface area contributed by atoms with Crippen molar-refractivity contribution in [2.45, 2.75) is 70.3 Å². The van der Waals surface area contributed by atoms with Gasteiger partial charge in [0.1, 0.15) is 5.82 Å². The summed E-state index contributed by atoms with van der Waals surface area (Å²) in [7, 11) is 0. The topological polar surface area (TPSA) is 83.3 Å². The summed E-state index contributed by atoms with van der Waals surface area (Å²) in [6.45, 7) is 4.96. The molecule has 1 aromatic heterocycles. The summed E-state index contributed by atoms with van der Waals surface area (Å²) >= 11 is 6.08. The van der Waals surface area contributed by atoms with Gasteiger partial charge in [0.05, 0.1) is 22.5 Å². The molecule has 224 valence electrons. The van der Waals surface area contributed by atoms with E-state index < -0.39 is 18.0 Å². The van der Waals surface area contributed by atoms with Gasteiger partial charge in [-0.15, -0.1) is 5.10 Å². The average Bonchev–Trinajstić information content (AvgIpc) is 3.60. The zero-order valence-electron chi connectivity index (χ0n) is 23.1. The monoisotopic (exact) mass is 605 g/mol. The molecular formula is C30H32ClF4N5O2. The van der Waals surface area contributed by atoms with Gasteiger partial charge in [-0.1, -0.05) is 47.9 Å². The Bertz CT molecular complexity index is 1480. The molecule has 7 nitrogen and oxygen atoms in total. The Morgan fingerprint density at radius 2 is 1.83 bits per heavy atom. The van der Waals surface area contributed by atoms with E-state index in [-0.39, 0.29) is 11.1 Å². The van der Waals surface area contributed by atoms with Crippen molar-refractivity contribution in [1.29, 1.82) is 0 Å². The van der Waals surface area contributed by atoms with Crippen LogP contribution in [-0.4, -0.2) is 56.3 Å². The second-order valence-corrected chi connectivity index (χ2v) is 11.3. The van der Waals surface area contributed by atoms with Crippen LogP contribution in [0.2, 0.25) is 5.02 Å². The number of carboxylic acid groups (broad SMARTS) is 1. The van der Waals surface area contributed by atoms with Gasteiger partial charge in [0.15, 0.2) is 0 Å². The van der Waals surface area contributed by atoms with Crippen molar-refractivity contribution >= 4 is 28.8 Å². The van der Waals surface area contributed by atoms with Crippen molar-refractivity contribution in [3.63, 3.8) is 0 Å². The van der Waals surface area contributed by atoms with Crippen molar-refractivity contribution in [2.75, 3.05) is 18.4 Å². The fourth-order valence-electron chi connectivity index (χ4n) is 6.05. The number of aliphatic carboxylic acids is 1. The molecule has 1 atom stereocenters.